The molecule has 5 heteroatoms. The summed E-state index contributed by atoms with van der Waals surface area (Å²) in [5.74, 6) is 1.53. The zero-order valence-electron chi connectivity index (χ0n) is 12.0. The third kappa shape index (κ3) is 2.36. The molecule has 0 atom stereocenters. The standard InChI is InChI=1S/C15H16N4S/c1-8-5-6-12(7-9(8)2)19-14-13-15(17-10(3)16-14)20-11(4)18-13/h5-7H,1-4H3,(H,16,17,19). The number of aromatic nitrogens is 3. The van der Waals surface area contributed by atoms with Gasteiger partial charge in [-0.1, -0.05) is 17.4 Å². The summed E-state index contributed by atoms with van der Waals surface area (Å²) in [5.41, 5.74) is 4.41. The van der Waals surface area contributed by atoms with Crippen LogP contribution in [0.4, 0.5) is 11.5 Å². The molecule has 0 aliphatic heterocycles. The second-order valence-electron chi connectivity index (χ2n) is 4.93. The van der Waals surface area contributed by atoms with Crippen LogP contribution in [0, 0.1) is 27.7 Å². The molecule has 0 bridgehead atoms. The number of hydrogen-bond donors (Lipinski definition) is 1. The molecular weight excluding hydrogens is 268 g/mol. The highest BCUT2D eigenvalue weighted by Crippen LogP contribution is 2.27. The molecule has 0 aliphatic carbocycles. The number of fused-ring (bicyclic) bond motifs is 1. The maximum Gasteiger partial charge on any atom is 0.161 e. The normalized spacial score (nSPS) is 11.0. The van der Waals surface area contributed by atoms with E-state index in [2.05, 4.69) is 52.3 Å². The van der Waals surface area contributed by atoms with Crippen molar-refractivity contribution in [3.05, 3.63) is 40.2 Å². The zero-order chi connectivity index (χ0) is 14.3. The maximum atomic E-state index is 4.52. The van der Waals surface area contributed by atoms with Gasteiger partial charge >= 0.3 is 0 Å². The topological polar surface area (TPSA) is 50.7 Å². The molecule has 3 aromatic rings. The van der Waals surface area contributed by atoms with Gasteiger partial charge in [0.2, 0.25) is 0 Å². The number of nitrogens with zero attached hydrogens (tertiary/aromatic N) is 3. The van der Waals surface area contributed by atoms with Crippen LogP contribution in [0.2, 0.25) is 0 Å². The highest BCUT2D eigenvalue weighted by Gasteiger charge is 2.11. The van der Waals surface area contributed by atoms with Crippen molar-refractivity contribution >= 4 is 33.2 Å². The molecule has 0 aliphatic rings. The van der Waals surface area contributed by atoms with Crippen LogP contribution < -0.4 is 5.32 Å². The molecule has 0 spiro atoms. The first kappa shape index (κ1) is 13.0. The molecule has 0 saturated carbocycles. The predicted octanol–water partition coefficient (Wildman–Crippen LogP) is 4.06. The van der Waals surface area contributed by atoms with Gasteiger partial charge in [0.05, 0.1) is 5.01 Å². The van der Waals surface area contributed by atoms with Gasteiger partial charge in [-0.25, -0.2) is 15.0 Å². The monoisotopic (exact) mass is 284 g/mol. The summed E-state index contributed by atoms with van der Waals surface area (Å²) in [6.07, 6.45) is 0. The van der Waals surface area contributed by atoms with Gasteiger partial charge in [-0.15, -0.1) is 0 Å². The minimum atomic E-state index is 0.757. The number of benzene rings is 1. The second-order valence-corrected chi connectivity index (χ2v) is 6.11. The van der Waals surface area contributed by atoms with Gasteiger partial charge in [0.15, 0.2) is 5.82 Å². The summed E-state index contributed by atoms with van der Waals surface area (Å²) in [6, 6.07) is 6.29. The van der Waals surface area contributed by atoms with Crippen LogP contribution in [0.1, 0.15) is 22.0 Å². The van der Waals surface area contributed by atoms with Crippen LogP contribution in [-0.4, -0.2) is 15.0 Å². The molecule has 2 heterocycles. The van der Waals surface area contributed by atoms with Crippen LogP contribution in [0.15, 0.2) is 18.2 Å². The van der Waals surface area contributed by atoms with E-state index >= 15 is 0 Å². The van der Waals surface area contributed by atoms with Crippen LogP contribution in [-0.2, 0) is 0 Å². The lowest BCUT2D eigenvalue weighted by molar-refractivity contribution is 1.09. The summed E-state index contributed by atoms with van der Waals surface area (Å²) in [6.45, 7) is 8.10. The van der Waals surface area contributed by atoms with E-state index in [1.54, 1.807) is 11.3 Å². The number of anilines is 2. The van der Waals surface area contributed by atoms with Gasteiger partial charge in [-0.3, -0.25) is 0 Å². The molecule has 0 saturated heterocycles. The fourth-order valence-corrected chi connectivity index (χ4v) is 2.91. The first-order valence-corrected chi connectivity index (χ1v) is 7.30. The molecular formula is C15H16N4S. The fraction of sp³-hybridized carbons (Fsp3) is 0.267. The van der Waals surface area contributed by atoms with Crippen LogP contribution >= 0.6 is 11.3 Å². The molecule has 0 radical (unpaired) electrons. The lowest BCUT2D eigenvalue weighted by Crippen LogP contribution is -1.99. The van der Waals surface area contributed by atoms with Gasteiger partial charge in [0.1, 0.15) is 16.2 Å². The number of nitrogens with one attached hydrogen (secondary N) is 1. The Morgan fingerprint density at radius 3 is 2.50 bits per heavy atom. The van der Waals surface area contributed by atoms with E-state index in [1.165, 1.54) is 11.1 Å². The van der Waals surface area contributed by atoms with E-state index in [0.29, 0.717) is 0 Å². The molecule has 4 nitrogen and oxygen atoms in total. The summed E-state index contributed by atoms with van der Waals surface area (Å²) in [7, 11) is 0. The molecule has 20 heavy (non-hydrogen) atoms. The summed E-state index contributed by atoms with van der Waals surface area (Å²) < 4.78 is 0. The largest absolute Gasteiger partial charge is 0.338 e. The van der Waals surface area contributed by atoms with Crippen molar-refractivity contribution in [2.75, 3.05) is 5.32 Å². The van der Waals surface area contributed by atoms with Gasteiger partial charge in [-0.2, -0.15) is 0 Å². The van der Waals surface area contributed by atoms with E-state index in [1.807, 2.05) is 13.8 Å². The van der Waals surface area contributed by atoms with Gasteiger partial charge in [-0.05, 0) is 51.0 Å². The third-order valence-electron chi connectivity index (χ3n) is 3.25. The van der Waals surface area contributed by atoms with Crippen LogP contribution in [0.3, 0.4) is 0 Å². The molecule has 0 amide bonds. The van der Waals surface area contributed by atoms with Crippen LogP contribution in [0.5, 0.6) is 0 Å². The highest BCUT2D eigenvalue weighted by atomic mass is 32.1. The molecule has 1 N–H and O–H groups in total. The van der Waals surface area contributed by atoms with Crippen molar-refractivity contribution in [2.24, 2.45) is 0 Å². The Morgan fingerprint density at radius 2 is 1.75 bits per heavy atom. The van der Waals surface area contributed by atoms with Crippen molar-refractivity contribution in [3.8, 4) is 0 Å². The average Bonchev–Trinajstić information content (AvgIpc) is 2.74. The Balaban J connectivity index is 2.07. The Labute approximate surface area is 121 Å². The first-order chi connectivity index (χ1) is 9.52. The van der Waals surface area contributed by atoms with Gasteiger partial charge < -0.3 is 5.32 Å². The molecule has 102 valence electrons. The summed E-state index contributed by atoms with van der Waals surface area (Å²) in [5, 5.41) is 4.36. The lowest BCUT2D eigenvalue weighted by Gasteiger charge is -2.09. The molecule has 0 fully saturated rings. The van der Waals surface area contributed by atoms with Crippen LogP contribution in [0.25, 0.3) is 10.3 Å². The molecule has 3 rings (SSSR count). The average molecular weight is 284 g/mol. The number of rotatable bonds is 2. The van der Waals surface area contributed by atoms with E-state index in [-0.39, 0.29) is 0 Å². The number of hydrogen-bond acceptors (Lipinski definition) is 5. The number of thiazole rings is 1. The fourth-order valence-electron chi connectivity index (χ4n) is 2.08. The quantitative estimate of drug-likeness (QED) is 0.771. The minimum Gasteiger partial charge on any atom is -0.338 e. The van der Waals surface area contributed by atoms with E-state index in [9.17, 15) is 0 Å². The molecule has 1 aromatic carbocycles. The minimum absolute atomic E-state index is 0.757. The zero-order valence-corrected chi connectivity index (χ0v) is 12.8. The Morgan fingerprint density at radius 1 is 0.950 bits per heavy atom. The van der Waals surface area contributed by atoms with Crippen molar-refractivity contribution in [3.63, 3.8) is 0 Å². The maximum absolute atomic E-state index is 4.52. The molecule has 0 unspecified atom stereocenters. The highest BCUT2D eigenvalue weighted by molar-refractivity contribution is 7.18. The smallest absolute Gasteiger partial charge is 0.161 e. The first-order valence-electron chi connectivity index (χ1n) is 6.49. The summed E-state index contributed by atoms with van der Waals surface area (Å²) in [4.78, 5) is 14.4. The van der Waals surface area contributed by atoms with Crippen molar-refractivity contribution in [2.45, 2.75) is 27.7 Å². The van der Waals surface area contributed by atoms with Crippen molar-refractivity contribution in [1.82, 2.24) is 15.0 Å². The SMILES string of the molecule is Cc1nc(Nc2ccc(C)c(C)c2)c2nc(C)sc2n1. The third-order valence-corrected chi connectivity index (χ3v) is 4.11. The van der Waals surface area contributed by atoms with E-state index < -0.39 is 0 Å². The van der Waals surface area contributed by atoms with E-state index in [0.717, 1.165) is 32.7 Å². The molecule has 2 aromatic heterocycles. The summed E-state index contributed by atoms with van der Waals surface area (Å²) >= 11 is 1.59. The lowest BCUT2D eigenvalue weighted by atomic mass is 10.1. The van der Waals surface area contributed by atoms with Crippen molar-refractivity contribution < 1.29 is 0 Å². The Hall–Kier alpha value is -2.01. The predicted molar refractivity (Wildman–Crippen MR) is 83.9 cm³/mol. The van der Waals surface area contributed by atoms with Gasteiger partial charge in [0.25, 0.3) is 0 Å². The number of aryl methyl sites for hydroxylation is 4. The van der Waals surface area contributed by atoms with Crippen molar-refractivity contribution in [1.29, 1.82) is 0 Å². The van der Waals surface area contributed by atoms with Gasteiger partial charge in [0, 0.05) is 5.69 Å². The Kier molecular flexibility index (Phi) is 3.14. The van der Waals surface area contributed by atoms with E-state index in [4.69, 9.17) is 0 Å². The second kappa shape index (κ2) is 4.83. The Bertz CT molecular complexity index is 792.